The normalized spacial score (nSPS) is 26.6. The van der Waals surface area contributed by atoms with Gasteiger partial charge in [0.25, 0.3) is 0 Å². The molecule has 0 radical (unpaired) electrons. The molecule has 1 aliphatic carbocycles. The zero-order valence-corrected chi connectivity index (χ0v) is 8.19. The van der Waals surface area contributed by atoms with E-state index in [0.29, 0.717) is 25.7 Å². The summed E-state index contributed by atoms with van der Waals surface area (Å²) in [5, 5.41) is 0. The molecule has 0 heterocycles. The second kappa shape index (κ2) is 4.83. The molecule has 5 heteroatoms. The van der Waals surface area contributed by atoms with Crippen LogP contribution in [0.4, 0.5) is 4.79 Å². The number of nitrogens with two attached hydrogens (primary N) is 1. The van der Waals surface area contributed by atoms with Crippen LogP contribution in [0.5, 0.6) is 0 Å². The van der Waals surface area contributed by atoms with Gasteiger partial charge in [0.05, 0.1) is 13.0 Å². The van der Waals surface area contributed by atoms with Crippen molar-refractivity contribution in [2.24, 2.45) is 11.7 Å². The smallest absolute Gasteiger partial charge is 0.404 e. The summed E-state index contributed by atoms with van der Waals surface area (Å²) >= 11 is 0. The van der Waals surface area contributed by atoms with Gasteiger partial charge in [-0.15, -0.1) is 0 Å². The minimum Gasteiger partial charge on any atom is -0.469 e. The summed E-state index contributed by atoms with van der Waals surface area (Å²) in [7, 11) is 1.38. The van der Waals surface area contributed by atoms with Crippen LogP contribution in [0.3, 0.4) is 0 Å². The van der Waals surface area contributed by atoms with Gasteiger partial charge in [-0.1, -0.05) is 0 Å². The van der Waals surface area contributed by atoms with Gasteiger partial charge in [0.2, 0.25) is 0 Å². The van der Waals surface area contributed by atoms with Crippen molar-refractivity contribution >= 4 is 12.1 Å². The van der Waals surface area contributed by atoms with E-state index in [2.05, 4.69) is 4.74 Å². The Labute approximate surface area is 82.5 Å². The average molecular weight is 201 g/mol. The highest BCUT2D eigenvalue weighted by atomic mass is 16.6. The number of hydrogen-bond acceptors (Lipinski definition) is 4. The van der Waals surface area contributed by atoms with Crippen molar-refractivity contribution in [2.75, 3.05) is 7.11 Å². The molecule has 0 spiro atoms. The van der Waals surface area contributed by atoms with Crippen LogP contribution in [0.15, 0.2) is 0 Å². The van der Waals surface area contributed by atoms with Crippen LogP contribution in [0.2, 0.25) is 0 Å². The summed E-state index contributed by atoms with van der Waals surface area (Å²) < 4.78 is 9.47. The monoisotopic (exact) mass is 201 g/mol. The van der Waals surface area contributed by atoms with Gasteiger partial charge in [-0.3, -0.25) is 4.79 Å². The molecule has 80 valence electrons. The molecule has 0 saturated heterocycles. The van der Waals surface area contributed by atoms with Gasteiger partial charge in [0.15, 0.2) is 0 Å². The van der Waals surface area contributed by atoms with Crippen molar-refractivity contribution in [3.63, 3.8) is 0 Å². The predicted octanol–water partition coefficient (Wildman–Crippen LogP) is 0.813. The van der Waals surface area contributed by atoms with E-state index >= 15 is 0 Å². The summed E-state index contributed by atoms with van der Waals surface area (Å²) in [6.45, 7) is 0. The fourth-order valence-electron chi connectivity index (χ4n) is 1.75. The molecule has 14 heavy (non-hydrogen) atoms. The van der Waals surface area contributed by atoms with Crippen molar-refractivity contribution in [3.05, 3.63) is 0 Å². The van der Waals surface area contributed by atoms with Gasteiger partial charge in [-0.2, -0.15) is 0 Å². The molecule has 0 atom stereocenters. The maximum Gasteiger partial charge on any atom is 0.404 e. The zero-order valence-electron chi connectivity index (χ0n) is 8.19. The van der Waals surface area contributed by atoms with E-state index in [1.165, 1.54) is 7.11 Å². The topological polar surface area (TPSA) is 78.6 Å². The first-order valence-corrected chi connectivity index (χ1v) is 4.67. The fourth-order valence-corrected chi connectivity index (χ4v) is 1.75. The van der Waals surface area contributed by atoms with Crippen LogP contribution < -0.4 is 5.73 Å². The third kappa shape index (κ3) is 2.90. The number of rotatable bonds is 2. The van der Waals surface area contributed by atoms with Gasteiger partial charge in [0, 0.05) is 0 Å². The summed E-state index contributed by atoms with van der Waals surface area (Å²) in [6.07, 6.45) is 1.89. The molecule has 0 aromatic carbocycles. The van der Waals surface area contributed by atoms with Gasteiger partial charge in [-0.05, 0) is 25.7 Å². The lowest BCUT2D eigenvalue weighted by atomic mass is 9.87. The minimum absolute atomic E-state index is 0.0484. The fraction of sp³-hybridized carbons (Fsp3) is 0.778. The lowest BCUT2D eigenvalue weighted by molar-refractivity contribution is -0.147. The van der Waals surface area contributed by atoms with E-state index in [4.69, 9.17) is 10.5 Å². The van der Waals surface area contributed by atoms with E-state index in [9.17, 15) is 9.59 Å². The van der Waals surface area contributed by atoms with Crippen LogP contribution >= 0.6 is 0 Å². The summed E-state index contributed by atoms with van der Waals surface area (Å²) in [5.74, 6) is -0.227. The Bertz CT molecular complexity index is 221. The third-order valence-electron chi connectivity index (χ3n) is 2.49. The summed E-state index contributed by atoms with van der Waals surface area (Å²) in [6, 6.07) is 0. The molecule has 0 unspecified atom stereocenters. The van der Waals surface area contributed by atoms with Crippen LogP contribution in [-0.4, -0.2) is 25.3 Å². The first kappa shape index (κ1) is 10.8. The van der Waals surface area contributed by atoms with Crippen molar-refractivity contribution in [2.45, 2.75) is 31.8 Å². The first-order valence-electron chi connectivity index (χ1n) is 4.67. The Morgan fingerprint density at radius 1 is 1.21 bits per heavy atom. The Hall–Kier alpha value is -1.26. The van der Waals surface area contributed by atoms with Gasteiger partial charge < -0.3 is 15.2 Å². The van der Waals surface area contributed by atoms with Crippen molar-refractivity contribution in [3.8, 4) is 0 Å². The highest BCUT2D eigenvalue weighted by molar-refractivity contribution is 5.72. The molecule has 1 saturated carbocycles. The second-order valence-corrected chi connectivity index (χ2v) is 3.43. The van der Waals surface area contributed by atoms with E-state index in [0.717, 1.165) is 0 Å². The van der Waals surface area contributed by atoms with Crippen LogP contribution in [-0.2, 0) is 14.3 Å². The molecule has 0 bridgehead atoms. The number of ether oxygens (including phenoxy) is 2. The average Bonchev–Trinajstić information content (AvgIpc) is 2.17. The minimum atomic E-state index is -0.744. The number of hydrogen-bond donors (Lipinski definition) is 1. The number of primary amides is 1. The van der Waals surface area contributed by atoms with E-state index in [1.54, 1.807) is 0 Å². The number of methoxy groups -OCH3 is 1. The predicted molar refractivity (Wildman–Crippen MR) is 48.4 cm³/mol. The maximum absolute atomic E-state index is 11.1. The molecule has 0 aliphatic heterocycles. The third-order valence-corrected chi connectivity index (χ3v) is 2.49. The largest absolute Gasteiger partial charge is 0.469 e. The van der Waals surface area contributed by atoms with Crippen LogP contribution in [0, 0.1) is 5.92 Å². The van der Waals surface area contributed by atoms with E-state index in [-0.39, 0.29) is 18.0 Å². The van der Waals surface area contributed by atoms with Crippen molar-refractivity contribution < 1.29 is 19.1 Å². The van der Waals surface area contributed by atoms with Crippen molar-refractivity contribution in [1.82, 2.24) is 0 Å². The van der Waals surface area contributed by atoms with E-state index < -0.39 is 6.09 Å². The molecule has 5 nitrogen and oxygen atoms in total. The number of carbonyl (C=O) groups is 2. The van der Waals surface area contributed by atoms with Crippen LogP contribution in [0.1, 0.15) is 25.7 Å². The lowest BCUT2D eigenvalue weighted by Gasteiger charge is -2.25. The highest BCUT2D eigenvalue weighted by Gasteiger charge is 2.28. The molecule has 2 N–H and O–H groups in total. The van der Waals surface area contributed by atoms with E-state index in [1.807, 2.05) is 0 Å². The second-order valence-electron chi connectivity index (χ2n) is 3.43. The highest BCUT2D eigenvalue weighted by Crippen LogP contribution is 2.26. The summed E-state index contributed by atoms with van der Waals surface area (Å²) in [5.41, 5.74) is 4.89. The number of carbonyl (C=O) groups excluding carboxylic acids is 2. The molecule has 0 aromatic rings. The Morgan fingerprint density at radius 2 is 1.79 bits per heavy atom. The maximum atomic E-state index is 11.1. The quantitative estimate of drug-likeness (QED) is 0.670. The van der Waals surface area contributed by atoms with Gasteiger partial charge in [-0.25, -0.2) is 4.79 Å². The Kier molecular flexibility index (Phi) is 3.73. The first-order chi connectivity index (χ1) is 6.63. The number of amides is 1. The molecule has 0 aromatic heterocycles. The molecular formula is C9H15NO4. The molecule has 1 amide bonds. The standard InChI is InChI=1S/C9H15NO4/c1-13-8(11)6-2-4-7(5-3-6)14-9(10)12/h6-7H,2-5H2,1H3,(H2,10,12). The Morgan fingerprint density at radius 3 is 2.21 bits per heavy atom. The van der Waals surface area contributed by atoms with Gasteiger partial charge >= 0.3 is 12.1 Å². The van der Waals surface area contributed by atoms with Crippen LogP contribution in [0.25, 0.3) is 0 Å². The van der Waals surface area contributed by atoms with Crippen molar-refractivity contribution in [1.29, 1.82) is 0 Å². The SMILES string of the molecule is COC(=O)C1CCC(OC(N)=O)CC1. The number of esters is 1. The lowest BCUT2D eigenvalue weighted by Crippen LogP contribution is -2.30. The molecular weight excluding hydrogens is 186 g/mol. The zero-order chi connectivity index (χ0) is 10.6. The molecule has 1 fully saturated rings. The Balaban J connectivity index is 2.31. The van der Waals surface area contributed by atoms with Gasteiger partial charge in [0.1, 0.15) is 6.10 Å². The molecule has 1 aliphatic rings. The molecule has 1 rings (SSSR count). The summed E-state index contributed by atoms with van der Waals surface area (Å²) in [4.78, 5) is 21.6.